The number of likely N-dealkylation sites (tertiary alicyclic amines) is 1. The number of anilines is 1. The topological polar surface area (TPSA) is 38.8 Å². The fourth-order valence-corrected chi connectivity index (χ4v) is 3.98. The molecule has 5 nitrogen and oxygen atoms in total. The van der Waals surface area contributed by atoms with Crippen molar-refractivity contribution in [3.63, 3.8) is 0 Å². The zero-order valence-corrected chi connectivity index (χ0v) is 15.7. The van der Waals surface area contributed by atoms with Crippen LogP contribution in [0.15, 0.2) is 24.3 Å². The first-order valence-electron chi connectivity index (χ1n) is 9.62. The summed E-state index contributed by atoms with van der Waals surface area (Å²) in [5, 5.41) is 3.22. The van der Waals surface area contributed by atoms with Gasteiger partial charge in [-0.05, 0) is 50.6 Å². The highest BCUT2D eigenvalue weighted by molar-refractivity contribution is 5.76. The lowest BCUT2D eigenvalue weighted by atomic mass is 10.1. The van der Waals surface area contributed by atoms with E-state index in [1.165, 1.54) is 11.3 Å². The van der Waals surface area contributed by atoms with Crippen LogP contribution in [0.5, 0.6) is 0 Å². The summed E-state index contributed by atoms with van der Waals surface area (Å²) in [6.07, 6.45) is 1.80. The minimum Gasteiger partial charge on any atom is -0.369 e. The smallest absolute Gasteiger partial charge is 0.223 e. The van der Waals surface area contributed by atoms with Gasteiger partial charge in [0.05, 0.1) is 0 Å². The van der Waals surface area contributed by atoms with E-state index in [0.717, 1.165) is 58.8 Å². The molecule has 2 aliphatic heterocycles. The van der Waals surface area contributed by atoms with Crippen molar-refractivity contribution >= 4 is 11.6 Å². The molecule has 0 spiro atoms. The van der Waals surface area contributed by atoms with Gasteiger partial charge in [-0.2, -0.15) is 0 Å². The van der Waals surface area contributed by atoms with Crippen LogP contribution in [-0.2, 0) is 4.79 Å². The van der Waals surface area contributed by atoms with E-state index in [2.05, 4.69) is 51.2 Å². The molecule has 138 valence electrons. The predicted molar refractivity (Wildman–Crippen MR) is 103 cm³/mol. The SMILES string of the molecule is CNCC1CCN(C(=O)CCN2CCN(c3cccc(C)c3)CC2)C1. The number of amides is 1. The Hall–Kier alpha value is -1.59. The van der Waals surface area contributed by atoms with Gasteiger partial charge >= 0.3 is 0 Å². The van der Waals surface area contributed by atoms with Gasteiger partial charge in [0.2, 0.25) is 5.91 Å². The van der Waals surface area contributed by atoms with Crippen LogP contribution in [0.25, 0.3) is 0 Å². The summed E-state index contributed by atoms with van der Waals surface area (Å²) < 4.78 is 0. The number of hydrogen-bond acceptors (Lipinski definition) is 4. The first kappa shape index (κ1) is 18.2. The summed E-state index contributed by atoms with van der Waals surface area (Å²) >= 11 is 0. The van der Waals surface area contributed by atoms with Crippen LogP contribution in [0, 0.1) is 12.8 Å². The fourth-order valence-electron chi connectivity index (χ4n) is 3.98. The monoisotopic (exact) mass is 344 g/mol. The number of nitrogens with zero attached hydrogens (tertiary/aromatic N) is 3. The zero-order chi connectivity index (χ0) is 17.6. The van der Waals surface area contributed by atoms with E-state index >= 15 is 0 Å². The minimum atomic E-state index is 0.333. The molecule has 0 saturated carbocycles. The van der Waals surface area contributed by atoms with Crippen molar-refractivity contribution in [2.45, 2.75) is 19.8 Å². The molecular formula is C20H32N4O. The molecule has 1 atom stereocenters. The Kier molecular flexibility index (Phi) is 6.32. The van der Waals surface area contributed by atoms with Crippen molar-refractivity contribution in [1.29, 1.82) is 0 Å². The van der Waals surface area contributed by atoms with Crippen LogP contribution in [-0.4, -0.2) is 75.1 Å². The molecule has 2 fully saturated rings. The normalized spacial score (nSPS) is 21.8. The number of rotatable bonds is 6. The maximum absolute atomic E-state index is 12.4. The second kappa shape index (κ2) is 8.68. The van der Waals surface area contributed by atoms with E-state index in [1.807, 2.05) is 7.05 Å². The summed E-state index contributed by atoms with van der Waals surface area (Å²) in [5.41, 5.74) is 2.64. The fraction of sp³-hybridized carbons (Fsp3) is 0.650. The molecule has 2 aliphatic rings. The minimum absolute atomic E-state index is 0.333. The molecule has 3 rings (SSSR count). The van der Waals surface area contributed by atoms with E-state index in [1.54, 1.807) is 0 Å². The molecule has 0 aromatic heterocycles. The first-order valence-corrected chi connectivity index (χ1v) is 9.62. The van der Waals surface area contributed by atoms with E-state index in [4.69, 9.17) is 0 Å². The highest BCUT2D eigenvalue weighted by atomic mass is 16.2. The molecule has 0 radical (unpaired) electrons. The molecule has 25 heavy (non-hydrogen) atoms. The second-order valence-electron chi connectivity index (χ2n) is 7.47. The standard InChI is InChI=1S/C20H32N4O/c1-17-4-3-5-19(14-17)23-12-10-22(11-13-23)8-7-20(25)24-9-6-18(16-24)15-21-2/h3-5,14,18,21H,6-13,15-16H2,1-2H3. The number of benzene rings is 1. The summed E-state index contributed by atoms with van der Waals surface area (Å²) in [7, 11) is 1.99. The quantitative estimate of drug-likeness (QED) is 0.850. The number of carbonyl (C=O) groups excluding carboxylic acids is 1. The van der Waals surface area contributed by atoms with Gasteiger partial charge in [-0.3, -0.25) is 9.69 Å². The van der Waals surface area contributed by atoms with Gasteiger partial charge in [-0.25, -0.2) is 0 Å². The van der Waals surface area contributed by atoms with E-state index < -0.39 is 0 Å². The van der Waals surface area contributed by atoms with Crippen molar-refractivity contribution in [3.05, 3.63) is 29.8 Å². The second-order valence-corrected chi connectivity index (χ2v) is 7.47. The van der Waals surface area contributed by atoms with E-state index in [0.29, 0.717) is 18.2 Å². The Bertz CT molecular complexity index is 569. The van der Waals surface area contributed by atoms with E-state index in [9.17, 15) is 4.79 Å². The highest BCUT2D eigenvalue weighted by Crippen LogP contribution is 2.19. The number of nitrogens with one attached hydrogen (secondary N) is 1. The lowest BCUT2D eigenvalue weighted by molar-refractivity contribution is -0.130. The van der Waals surface area contributed by atoms with E-state index in [-0.39, 0.29) is 0 Å². The lowest BCUT2D eigenvalue weighted by Crippen LogP contribution is -2.47. The van der Waals surface area contributed by atoms with Crippen LogP contribution >= 0.6 is 0 Å². The molecule has 1 amide bonds. The molecule has 1 aromatic carbocycles. The Balaban J connectivity index is 1.39. The van der Waals surface area contributed by atoms with Crippen molar-refractivity contribution in [1.82, 2.24) is 15.1 Å². The number of hydrogen-bond donors (Lipinski definition) is 1. The van der Waals surface area contributed by atoms with Gasteiger partial charge in [-0.1, -0.05) is 12.1 Å². The van der Waals surface area contributed by atoms with Gasteiger partial charge < -0.3 is 15.1 Å². The molecule has 2 saturated heterocycles. The average Bonchev–Trinajstić information content (AvgIpc) is 3.09. The van der Waals surface area contributed by atoms with Crippen LogP contribution in [0.1, 0.15) is 18.4 Å². The predicted octanol–water partition coefficient (Wildman–Crippen LogP) is 1.58. The summed E-state index contributed by atoms with van der Waals surface area (Å²) in [6.45, 7) is 10.1. The zero-order valence-electron chi connectivity index (χ0n) is 15.7. The molecule has 0 bridgehead atoms. The molecule has 1 aromatic rings. The van der Waals surface area contributed by atoms with Crippen LogP contribution < -0.4 is 10.2 Å². The Morgan fingerprint density at radius 2 is 2.00 bits per heavy atom. The van der Waals surface area contributed by atoms with Crippen molar-refractivity contribution < 1.29 is 4.79 Å². The number of carbonyl (C=O) groups is 1. The van der Waals surface area contributed by atoms with Gasteiger partial charge in [0, 0.05) is 57.9 Å². The molecule has 1 N–H and O–H groups in total. The van der Waals surface area contributed by atoms with Gasteiger partial charge in [-0.15, -0.1) is 0 Å². The van der Waals surface area contributed by atoms with Gasteiger partial charge in [0.15, 0.2) is 0 Å². The average molecular weight is 345 g/mol. The maximum atomic E-state index is 12.4. The number of piperazine rings is 1. The van der Waals surface area contributed by atoms with Crippen LogP contribution in [0.2, 0.25) is 0 Å². The molecular weight excluding hydrogens is 312 g/mol. The van der Waals surface area contributed by atoms with Crippen molar-refractivity contribution in [2.75, 3.05) is 64.3 Å². The number of aryl methyl sites for hydroxylation is 1. The molecule has 0 aliphatic carbocycles. The third-order valence-corrected chi connectivity index (χ3v) is 5.51. The third-order valence-electron chi connectivity index (χ3n) is 5.51. The van der Waals surface area contributed by atoms with Crippen LogP contribution in [0.4, 0.5) is 5.69 Å². The first-order chi connectivity index (χ1) is 12.2. The Morgan fingerprint density at radius 1 is 1.20 bits per heavy atom. The summed E-state index contributed by atoms with van der Waals surface area (Å²) in [6, 6.07) is 8.73. The maximum Gasteiger partial charge on any atom is 0.223 e. The largest absolute Gasteiger partial charge is 0.369 e. The molecule has 2 heterocycles. The van der Waals surface area contributed by atoms with Crippen molar-refractivity contribution in [3.8, 4) is 0 Å². The van der Waals surface area contributed by atoms with Crippen molar-refractivity contribution in [2.24, 2.45) is 5.92 Å². The summed E-state index contributed by atoms with van der Waals surface area (Å²) in [4.78, 5) is 19.4. The summed E-state index contributed by atoms with van der Waals surface area (Å²) in [5.74, 6) is 0.964. The van der Waals surface area contributed by atoms with Gasteiger partial charge in [0.25, 0.3) is 0 Å². The Labute approximate surface area is 152 Å². The van der Waals surface area contributed by atoms with Crippen LogP contribution in [0.3, 0.4) is 0 Å². The Morgan fingerprint density at radius 3 is 2.72 bits per heavy atom. The molecule has 1 unspecified atom stereocenters. The third kappa shape index (κ3) is 4.95. The highest BCUT2D eigenvalue weighted by Gasteiger charge is 2.26. The lowest BCUT2D eigenvalue weighted by Gasteiger charge is -2.36. The van der Waals surface area contributed by atoms with Gasteiger partial charge in [0.1, 0.15) is 0 Å². The molecule has 5 heteroatoms.